The van der Waals surface area contributed by atoms with Gasteiger partial charge in [0.25, 0.3) is 0 Å². The van der Waals surface area contributed by atoms with E-state index in [0.717, 1.165) is 36.3 Å². The summed E-state index contributed by atoms with van der Waals surface area (Å²) in [6, 6.07) is 6.19. The molecular weight excluding hydrogens is 240 g/mol. The molecule has 2 atom stereocenters. The molecule has 1 heterocycles. The van der Waals surface area contributed by atoms with Crippen molar-refractivity contribution in [2.75, 3.05) is 18.1 Å². The lowest BCUT2D eigenvalue weighted by Crippen LogP contribution is -2.41. The lowest BCUT2D eigenvalue weighted by Gasteiger charge is -2.31. The van der Waals surface area contributed by atoms with Crippen molar-refractivity contribution >= 4 is 11.6 Å². The Bertz CT molecular complexity index is 501. The van der Waals surface area contributed by atoms with Gasteiger partial charge in [0.2, 0.25) is 5.91 Å². The third kappa shape index (κ3) is 2.32. The summed E-state index contributed by atoms with van der Waals surface area (Å²) in [5, 5.41) is 0. The van der Waals surface area contributed by atoms with Crippen LogP contribution in [0.2, 0.25) is 0 Å². The summed E-state index contributed by atoms with van der Waals surface area (Å²) in [5.74, 6) is 1.12. The molecule has 1 amide bonds. The van der Waals surface area contributed by atoms with E-state index in [1.54, 1.807) is 0 Å². The average molecular weight is 260 g/mol. The van der Waals surface area contributed by atoms with E-state index in [9.17, 15) is 4.79 Å². The van der Waals surface area contributed by atoms with Crippen molar-refractivity contribution in [2.45, 2.75) is 32.2 Å². The van der Waals surface area contributed by atoms with Crippen molar-refractivity contribution < 1.29 is 9.53 Å². The van der Waals surface area contributed by atoms with Gasteiger partial charge in [0.05, 0.1) is 12.2 Å². The molecule has 0 unspecified atom stereocenters. The molecule has 102 valence electrons. The third-order valence-corrected chi connectivity index (χ3v) is 4.07. The minimum absolute atomic E-state index is 0.0854. The SMILES string of the molecule is Cc1ccc2c(c1)OCCN2C(=O)[C@@H]1CC[C@H](N)C1. The van der Waals surface area contributed by atoms with Gasteiger partial charge in [-0.15, -0.1) is 0 Å². The molecule has 0 aromatic heterocycles. The Kier molecular flexibility index (Phi) is 3.19. The Morgan fingerprint density at radius 1 is 1.42 bits per heavy atom. The molecule has 2 N–H and O–H groups in total. The van der Waals surface area contributed by atoms with Crippen LogP contribution in [0, 0.1) is 12.8 Å². The molecule has 1 saturated carbocycles. The van der Waals surface area contributed by atoms with Gasteiger partial charge >= 0.3 is 0 Å². The third-order valence-electron chi connectivity index (χ3n) is 4.07. The summed E-state index contributed by atoms with van der Waals surface area (Å²) in [7, 11) is 0. The highest BCUT2D eigenvalue weighted by molar-refractivity contribution is 5.97. The summed E-state index contributed by atoms with van der Waals surface area (Å²) < 4.78 is 5.65. The molecule has 2 aliphatic rings. The van der Waals surface area contributed by atoms with Crippen LogP contribution >= 0.6 is 0 Å². The first kappa shape index (κ1) is 12.5. The molecule has 1 aromatic carbocycles. The van der Waals surface area contributed by atoms with Gasteiger partial charge in [-0.1, -0.05) is 6.07 Å². The second kappa shape index (κ2) is 4.85. The molecular formula is C15H20N2O2. The van der Waals surface area contributed by atoms with Crippen LogP contribution in [0.15, 0.2) is 18.2 Å². The number of amides is 1. The van der Waals surface area contributed by atoms with Crippen LogP contribution in [0.3, 0.4) is 0 Å². The molecule has 1 aliphatic heterocycles. The molecule has 1 aromatic rings. The first-order valence-electron chi connectivity index (χ1n) is 6.95. The normalized spacial score (nSPS) is 25.9. The Morgan fingerprint density at radius 3 is 3.00 bits per heavy atom. The zero-order valence-corrected chi connectivity index (χ0v) is 11.3. The lowest BCUT2D eigenvalue weighted by molar-refractivity contribution is -0.122. The van der Waals surface area contributed by atoms with Crippen LogP contribution in [0.1, 0.15) is 24.8 Å². The summed E-state index contributed by atoms with van der Waals surface area (Å²) in [6.45, 7) is 3.24. The molecule has 4 heteroatoms. The van der Waals surface area contributed by atoms with Crippen LogP contribution in [0.5, 0.6) is 5.75 Å². The fourth-order valence-electron chi connectivity index (χ4n) is 3.02. The number of aryl methyl sites for hydroxylation is 1. The standard InChI is InChI=1S/C15H20N2O2/c1-10-2-5-13-14(8-10)19-7-6-17(13)15(18)11-3-4-12(16)9-11/h2,5,8,11-12H,3-4,6-7,9,16H2,1H3/t11-,12+/m1/s1. The Hall–Kier alpha value is -1.55. The van der Waals surface area contributed by atoms with Crippen molar-refractivity contribution in [1.82, 2.24) is 0 Å². The van der Waals surface area contributed by atoms with Gasteiger partial charge in [-0.05, 0) is 43.9 Å². The molecule has 4 nitrogen and oxygen atoms in total. The molecule has 1 fully saturated rings. The van der Waals surface area contributed by atoms with E-state index in [1.807, 2.05) is 30.0 Å². The van der Waals surface area contributed by atoms with E-state index in [4.69, 9.17) is 10.5 Å². The van der Waals surface area contributed by atoms with E-state index >= 15 is 0 Å². The first-order valence-corrected chi connectivity index (χ1v) is 6.95. The second-order valence-electron chi connectivity index (χ2n) is 5.58. The van der Waals surface area contributed by atoms with Gasteiger partial charge in [0.1, 0.15) is 12.4 Å². The Labute approximate surface area is 113 Å². The quantitative estimate of drug-likeness (QED) is 0.838. The van der Waals surface area contributed by atoms with Crippen molar-refractivity contribution in [3.8, 4) is 5.75 Å². The smallest absolute Gasteiger partial charge is 0.230 e. The monoisotopic (exact) mass is 260 g/mol. The van der Waals surface area contributed by atoms with Gasteiger partial charge in [-0.3, -0.25) is 4.79 Å². The fraction of sp³-hybridized carbons (Fsp3) is 0.533. The van der Waals surface area contributed by atoms with E-state index in [-0.39, 0.29) is 17.9 Å². The predicted molar refractivity (Wildman–Crippen MR) is 74.3 cm³/mol. The number of hydrogen-bond donors (Lipinski definition) is 1. The van der Waals surface area contributed by atoms with Gasteiger partial charge in [0.15, 0.2) is 0 Å². The van der Waals surface area contributed by atoms with E-state index < -0.39 is 0 Å². The Balaban J connectivity index is 1.85. The van der Waals surface area contributed by atoms with Crippen LogP contribution in [0.25, 0.3) is 0 Å². The van der Waals surface area contributed by atoms with Crippen molar-refractivity contribution in [3.05, 3.63) is 23.8 Å². The molecule has 0 spiro atoms. The number of carbonyl (C=O) groups excluding carboxylic acids is 1. The van der Waals surface area contributed by atoms with Crippen LogP contribution in [-0.2, 0) is 4.79 Å². The zero-order chi connectivity index (χ0) is 13.4. The largest absolute Gasteiger partial charge is 0.490 e. The van der Waals surface area contributed by atoms with Crippen molar-refractivity contribution in [2.24, 2.45) is 11.7 Å². The summed E-state index contributed by atoms with van der Waals surface area (Å²) in [5.41, 5.74) is 7.97. The maximum absolute atomic E-state index is 12.6. The Morgan fingerprint density at radius 2 is 2.26 bits per heavy atom. The number of rotatable bonds is 1. The minimum atomic E-state index is 0.0854. The van der Waals surface area contributed by atoms with Crippen LogP contribution in [0.4, 0.5) is 5.69 Å². The number of benzene rings is 1. The summed E-state index contributed by atoms with van der Waals surface area (Å²) in [4.78, 5) is 14.5. The topological polar surface area (TPSA) is 55.6 Å². The number of anilines is 1. The van der Waals surface area contributed by atoms with Gasteiger partial charge in [0, 0.05) is 12.0 Å². The second-order valence-corrected chi connectivity index (χ2v) is 5.58. The highest BCUT2D eigenvalue weighted by Crippen LogP contribution is 2.35. The van der Waals surface area contributed by atoms with Crippen LogP contribution < -0.4 is 15.4 Å². The minimum Gasteiger partial charge on any atom is -0.490 e. The van der Waals surface area contributed by atoms with Gasteiger partial charge in [-0.2, -0.15) is 0 Å². The fourth-order valence-corrected chi connectivity index (χ4v) is 3.02. The molecule has 0 radical (unpaired) electrons. The number of ether oxygens (including phenoxy) is 1. The number of fused-ring (bicyclic) bond motifs is 1. The number of nitrogens with zero attached hydrogens (tertiary/aromatic N) is 1. The van der Waals surface area contributed by atoms with E-state index in [1.165, 1.54) is 0 Å². The number of hydrogen-bond acceptors (Lipinski definition) is 3. The molecule has 1 aliphatic carbocycles. The molecule has 0 saturated heterocycles. The molecule has 3 rings (SSSR count). The molecule has 19 heavy (non-hydrogen) atoms. The highest BCUT2D eigenvalue weighted by Gasteiger charge is 2.33. The zero-order valence-electron chi connectivity index (χ0n) is 11.3. The average Bonchev–Trinajstić information content (AvgIpc) is 2.83. The van der Waals surface area contributed by atoms with E-state index in [2.05, 4.69) is 0 Å². The maximum atomic E-state index is 12.6. The predicted octanol–water partition coefficient (Wildman–Crippen LogP) is 1.85. The molecule has 0 bridgehead atoms. The van der Waals surface area contributed by atoms with Crippen LogP contribution in [-0.4, -0.2) is 25.1 Å². The van der Waals surface area contributed by atoms with E-state index in [0.29, 0.717) is 13.2 Å². The van der Waals surface area contributed by atoms with Crippen molar-refractivity contribution in [1.29, 1.82) is 0 Å². The van der Waals surface area contributed by atoms with Crippen molar-refractivity contribution in [3.63, 3.8) is 0 Å². The summed E-state index contributed by atoms with van der Waals surface area (Å²) >= 11 is 0. The van der Waals surface area contributed by atoms with Gasteiger partial charge < -0.3 is 15.4 Å². The first-order chi connectivity index (χ1) is 9.15. The number of nitrogens with two attached hydrogens (primary N) is 1. The van der Waals surface area contributed by atoms with Gasteiger partial charge in [-0.25, -0.2) is 0 Å². The summed E-state index contributed by atoms with van der Waals surface area (Å²) in [6.07, 6.45) is 2.69. The number of carbonyl (C=O) groups is 1. The lowest BCUT2D eigenvalue weighted by atomic mass is 10.0. The maximum Gasteiger partial charge on any atom is 0.230 e. The highest BCUT2D eigenvalue weighted by atomic mass is 16.5.